The molecule has 0 aliphatic rings. The Bertz CT molecular complexity index is 316. The van der Waals surface area contributed by atoms with E-state index in [4.69, 9.17) is 0 Å². The molecule has 0 aliphatic carbocycles. The zero-order chi connectivity index (χ0) is 10.6. The zero-order valence-electron chi connectivity index (χ0n) is 8.88. The summed E-state index contributed by atoms with van der Waals surface area (Å²) in [7, 11) is 3.49. The van der Waals surface area contributed by atoms with E-state index < -0.39 is 0 Å². The van der Waals surface area contributed by atoms with Gasteiger partial charge in [0.1, 0.15) is 0 Å². The van der Waals surface area contributed by atoms with Gasteiger partial charge in [0.2, 0.25) is 0 Å². The molecule has 0 N–H and O–H groups in total. The van der Waals surface area contributed by atoms with Gasteiger partial charge in [-0.15, -0.1) is 0 Å². The summed E-state index contributed by atoms with van der Waals surface area (Å²) in [6.07, 6.45) is 0. The lowest BCUT2D eigenvalue weighted by molar-refractivity contribution is 0.865. The molecule has 14 heavy (non-hydrogen) atoms. The molecular formula is C12H16NSi. The Morgan fingerprint density at radius 3 is 2.36 bits per heavy atom. The SMILES string of the molecule is C=C([Si])c1ccccc1N(CC)CC. The summed E-state index contributed by atoms with van der Waals surface area (Å²) in [6.45, 7) is 10.3. The Morgan fingerprint density at radius 2 is 1.86 bits per heavy atom. The number of hydrogen-bond acceptors (Lipinski definition) is 1. The molecule has 0 spiro atoms. The van der Waals surface area contributed by atoms with Gasteiger partial charge in [-0.05, 0) is 25.5 Å². The molecule has 2 heteroatoms. The van der Waals surface area contributed by atoms with Crippen LogP contribution in [0.15, 0.2) is 30.8 Å². The smallest absolute Gasteiger partial charge is 0.0712 e. The van der Waals surface area contributed by atoms with Crippen LogP contribution in [0.3, 0.4) is 0 Å². The lowest BCUT2D eigenvalue weighted by Gasteiger charge is -2.24. The molecule has 1 aromatic rings. The molecule has 1 nitrogen and oxygen atoms in total. The van der Waals surface area contributed by atoms with Crippen LogP contribution >= 0.6 is 0 Å². The number of para-hydroxylation sites is 1. The lowest BCUT2D eigenvalue weighted by atomic mass is 10.1. The number of hydrogen-bond donors (Lipinski definition) is 0. The monoisotopic (exact) mass is 202 g/mol. The van der Waals surface area contributed by atoms with Gasteiger partial charge in [-0.1, -0.05) is 30.0 Å². The van der Waals surface area contributed by atoms with Gasteiger partial charge in [0.25, 0.3) is 0 Å². The first-order valence-corrected chi connectivity index (χ1v) is 5.45. The summed E-state index contributed by atoms with van der Waals surface area (Å²) in [6, 6.07) is 8.32. The summed E-state index contributed by atoms with van der Waals surface area (Å²) < 4.78 is 0. The summed E-state index contributed by atoms with van der Waals surface area (Å²) >= 11 is 0. The number of anilines is 1. The van der Waals surface area contributed by atoms with Crippen LogP contribution in [0.5, 0.6) is 0 Å². The van der Waals surface area contributed by atoms with Crippen molar-refractivity contribution >= 4 is 21.1 Å². The molecule has 0 saturated carbocycles. The van der Waals surface area contributed by atoms with Crippen molar-refractivity contribution in [3.63, 3.8) is 0 Å². The second-order valence-corrected chi connectivity index (χ2v) is 3.77. The van der Waals surface area contributed by atoms with E-state index >= 15 is 0 Å². The van der Waals surface area contributed by atoms with Crippen LogP contribution < -0.4 is 4.90 Å². The first-order chi connectivity index (χ1) is 6.70. The highest BCUT2D eigenvalue weighted by molar-refractivity contribution is 6.42. The molecule has 3 radical (unpaired) electrons. The molecule has 0 fully saturated rings. The van der Waals surface area contributed by atoms with Crippen molar-refractivity contribution < 1.29 is 0 Å². The van der Waals surface area contributed by atoms with Crippen LogP contribution in [0.4, 0.5) is 5.69 Å². The van der Waals surface area contributed by atoms with Gasteiger partial charge in [-0.2, -0.15) is 0 Å². The van der Waals surface area contributed by atoms with Crippen molar-refractivity contribution in [2.24, 2.45) is 0 Å². The molecule has 0 aliphatic heterocycles. The highest BCUT2D eigenvalue weighted by Crippen LogP contribution is 2.24. The predicted molar refractivity (Wildman–Crippen MR) is 64.8 cm³/mol. The van der Waals surface area contributed by atoms with E-state index in [-0.39, 0.29) is 0 Å². The fraction of sp³-hybridized carbons (Fsp3) is 0.333. The number of benzene rings is 1. The first-order valence-electron chi connectivity index (χ1n) is 4.95. The lowest BCUT2D eigenvalue weighted by Crippen LogP contribution is -2.22. The summed E-state index contributed by atoms with van der Waals surface area (Å²) in [5.74, 6) is 0. The topological polar surface area (TPSA) is 3.24 Å². The third kappa shape index (κ3) is 2.26. The van der Waals surface area contributed by atoms with Crippen LogP contribution in [-0.4, -0.2) is 23.3 Å². The molecule has 73 valence electrons. The largest absolute Gasteiger partial charge is 0.372 e. The molecular weight excluding hydrogens is 186 g/mol. The van der Waals surface area contributed by atoms with Crippen LogP contribution in [0.1, 0.15) is 19.4 Å². The number of nitrogens with zero attached hydrogens (tertiary/aromatic N) is 1. The van der Waals surface area contributed by atoms with Crippen LogP contribution in [0.25, 0.3) is 5.20 Å². The standard InChI is InChI=1S/C12H16NSi/c1-4-13(5-2)12-9-7-6-8-11(12)10(3)14/h6-9H,3-5H2,1-2H3. The molecule has 0 heterocycles. The Hall–Kier alpha value is -1.02. The van der Waals surface area contributed by atoms with Crippen molar-refractivity contribution in [1.82, 2.24) is 0 Å². The molecule has 0 aromatic heterocycles. The summed E-state index contributed by atoms with van der Waals surface area (Å²) in [5, 5.41) is 0.938. The van der Waals surface area contributed by atoms with Gasteiger partial charge in [0.15, 0.2) is 0 Å². The van der Waals surface area contributed by atoms with Crippen molar-refractivity contribution in [1.29, 1.82) is 0 Å². The van der Waals surface area contributed by atoms with E-state index in [0.29, 0.717) is 0 Å². The normalized spacial score (nSPS) is 9.93. The Kier molecular flexibility index (Phi) is 3.95. The van der Waals surface area contributed by atoms with E-state index in [1.54, 1.807) is 0 Å². The average Bonchev–Trinajstić information content (AvgIpc) is 2.20. The first kappa shape index (κ1) is 11.1. The molecule has 0 saturated heterocycles. The average molecular weight is 202 g/mol. The maximum atomic E-state index is 3.92. The van der Waals surface area contributed by atoms with E-state index in [0.717, 1.165) is 18.3 Å². The van der Waals surface area contributed by atoms with Crippen LogP contribution in [0.2, 0.25) is 0 Å². The van der Waals surface area contributed by atoms with E-state index in [2.05, 4.69) is 53.8 Å². The third-order valence-electron chi connectivity index (χ3n) is 2.33. The fourth-order valence-corrected chi connectivity index (χ4v) is 1.78. The maximum absolute atomic E-state index is 3.92. The second kappa shape index (κ2) is 5.01. The molecule has 0 amide bonds. The minimum Gasteiger partial charge on any atom is -0.372 e. The van der Waals surface area contributed by atoms with E-state index in [1.807, 2.05) is 6.07 Å². The molecule has 0 unspecified atom stereocenters. The van der Waals surface area contributed by atoms with Crippen molar-refractivity contribution in [3.8, 4) is 0 Å². The molecule has 1 rings (SSSR count). The molecule has 0 bridgehead atoms. The van der Waals surface area contributed by atoms with Crippen molar-refractivity contribution in [3.05, 3.63) is 36.4 Å². The molecule has 0 atom stereocenters. The summed E-state index contributed by atoms with van der Waals surface area (Å²) in [4.78, 5) is 2.32. The minimum atomic E-state index is 0.938. The number of rotatable bonds is 4. The zero-order valence-corrected chi connectivity index (χ0v) is 9.88. The maximum Gasteiger partial charge on any atom is 0.0712 e. The second-order valence-electron chi connectivity index (χ2n) is 3.17. The van der Waals surface area contributed by atoms with Crippen LogP contribution in [-0.2, 0) is 0 Å². The Balaban J connectivity index is 3.11. The van der Waals surface area contributed by atoms with Crippen molar-refractivity contribution in [2.45, 2.75) is 13.8 Å². The Labute approximate surface area is 89.9 Å². The van der Waals surface area contributed by atoms with E-state index in [9.17, 15) is 0 Å². The van der Waals surface area contributed by atoms with Gasteiger partial charge >= 0.3 is 0 Å². The molecule has 1 aromatic carbocycles. The van der Waals surface area contributed by atoms with Gasteiger partial charge in [0, 0.05) is 18.8 Å². The van der Waals surface area contributed by atoms with E-state index in [1.165, 1.54) is 11.3 Å². The van der Waals surface area contributed by atoms with Gasteiger partial charge in [-0.3, -0.25) is 0 Å². The highest BCUT2D eigenvalue weighted by atomic mass is 28.1. The van der Waals surface area contributed by atoms with Gasteiger partial charge in [0.05, 0.1) is 10.2 Å². The van der Waals surface area contributed by atoms with Gasteiger partial charge in [-0.25, -0.2) is 0 Å². The quantitative estimate of drug-likeness (QED) is 0.679. The van der Waals surface area contributed by atoms with Gasteiger partial charge < -0.3 is 4.90 Å². The fourth-order valence-electron chi connectivity index (χ4n) is 1.57. The van der Waals surface area contributed by atoms with Crippen LogP contribution in [0, 0.1) is 0 Å². The third-order valence-corrected chi connectivity index (χ3v) is 2.60. The van der Waals surface area contributed by atoms with Crippen molar-refractivity contribution in [2.75, 3.05) is 18.0 Å². The predicted octanol–water partition coefficient (Wildman–Crippen LogP) is 2.67. The minimum absolute atomic E-state index is 0.938. The summed E-state index contributed by atoms with van der Waals surface area (Å²) in [5.41, 5.74) is 2.42. The highest BCUT2D eigenvalue weighted by Gasteiger charge is 2.06. The Morgan fingerprint density at radius 1 is 1.29 bits per heavy atom.